The topological polar surface area (TPSA) is 94.2 Å². The fourth-order valence-electron chi connectivity index (χ4n) is 3.76. The van der Waals surface area contributed by atoms with Crippen molar-refractivity contribution >= 4 is 21.4 Å². The Hall–Kier alpha value is -4.12. The van der Waals surface area contributed by atoms with Crippen molar-refractivity contribution in [3.05, 3.63) is 79.0 Å². The fourth-order valence-corrected chi connectivity index (χ4v) is 4.30. The summed E-state index contributed by atoms with van der Waals surface area (Å²) in [4.78, 5) is 8.34. The summed E-state index contributed by atoms with van der Waals surface area (Å²) in [6.45, 7) is 0. The lowest BCUT2D eigenvalue weighted by atomic mass is 10.0. The molecular formula is C23H18F2N6O2S. The van der Waals surface area contributed by atoms with Gasteiger partial charge in [-0.3, -0.25) is 18.8 Å². The zero-order valence-electron chi connectivity index (χ0n) is 18.1. The molecule has 0 saturated heterocycles. The summed E-state index contributed by atoms with van der Waals surface area (Å²) in [5, 5.41) is 4.19. The third kappa shape index (κ3) is 4.25. The molecule has 34 heavy (non-hydrogen) atoms. The van der Waals surface area contributed by atoms with Crippen molar-refractivity contribution in [2.45, 2.75) is 0 Å². The lowest BCUT2D eigenvalue weighted by Gasteiger charge is -2.11. The minimum atomic E-state index is -3.61. The van der Waals surface area contributed by atoms with Crippen molar-refractivity contribution < 1.29 is 17.2 Å². The molecule has 0 aliphatic carbocycles. The summed E-state index contributed by atoms with van der Waals surface area (Å²) in [7, 11) is -1.77. The van der Waals surface area contributed by atoms with Gasteiger partial charge in [-0.15, -0.1) is 0 Å². The van der Waals surface area contributed by atoms with E-state index in [1.165, 1.54) is 6.07 Å². The van der Waals surface area contributed by atoms with Gasteiger partial charge in [-0.25, -0.2) is 22.2 Å². The van der Waals surface area contributed by atoms with Crippen LogP contribution in [0.1, 0.15) is 0 Å². The molecule has 0 saturated carbocycles. The number of hydrogen-bond donors (Lipinski definition) is 1. The average molecular weight is 481 g/mol. The fraction of sp³-hybridized carbons (Fsp3) is 0.0870. The number of halogens is 2. The van der Waals surface area contributed by atoms with Crippen LogP contribution in [0.15, 0.2) is 67.4 Å². The van der Waals surface area contributed by atoms with Crippen LogP contribution in [0.25, 0.3) is 39.3 Å². The molecule has 0 aliphatic heterocycles. The van der Waals surface area contributed by atoms with Crippen molar-refractivity contribution in [2.24, 2.45) is 7.05 Å². The van der Waals surface area contributed by atoms with Crippen molar-refractivity contribution in [2.75, 3.05) is 11.0 Å². The van der Waals surface area contributed by atoms with Crippen LogP contribution < -0.4 is 4.72 Å². The average Bonchev–Trinajstić information content (AvgIpc) is 3.38. The molecule has 8 nitrogen and oxygen atoms in total. The molecule has 0 bridgehead atoms. The van der Waals surface area contributed by atoms with Crippen molar-refractivity contribution in [3.8, 4) is 33.6 Å². The lowest BCUT2D eigenvalue weighted by Crippen LogP contribution is -2.09. The molecule has 0 aliphatic rings. The van der Waals surface area contributed by atoms with Crippen LogP contribution in [-0.4, -0.2) is 38.8 Å². The molecule has 4 heterocycles. The summed E-state index contributed by atoms with van der Waals surface area (Å²) in [5.74, 6) is -1.67. The van der Waals surface area contributed by atoms with Gasteiger partial charge in [0.05, 0.1) is 30.5 Å². The highest BCUT2D eigenvalue weighted by atomic mass is 32.2. The summed E-state index contributed by atoms with van der Waals surface area (Å²) in [6, 6.07) is 9.25. The predicted octanol–water partition coefficient (Wildman–Crippen LogP) is 4.11. The number of nitrogens with zero attached hydrogens (tertiary/aromatic N) is 5. The van der Waals surface area contributed by atoms with Gasteiger partial charge in [-0.05, 0) is 35.9 Å². The van der Waals surface area contributed by atoms with Crippen molar-refractivity contribution in [3.63, 3.8) is 0 Å². The lowest BCUT2D eigenvalue weighted by molar-refractivity contribution is 0.576. The minimum absolute atomic E-state index is 0.104. The maximum Gasteiger partial charge on any atom is 0.229 e. The number of aromatic nitrogens is 5. The van der Waals surface area contributed by atoms with Gasteiger partial charge >= 0.3 is 0 Å². The van der Waals surface area contributed by atoms with Crippen LogP contribution in [-0.2, 0) is 17.1 Å². The molecule has 1 aromatic carbocycles. The second-order valence-electron chi connectivity index (χ2n) is 7.85. The van der Waals surface area contributed by atoms with E-state index in [9.17, 15) is 17.2 Å². The van der Waals surface area contributed by atoms with Gasteiger partial charge < -0.3 is 0 Å². The van der Waals surface area contributed by atoms with E-state index in [-0.39, 0.29) is 16.9 Å². The van der Waals surface area contributed by atoms with E-state index in [1.807, 2.05) is 36.0 Å². The van der Waals surface area contributed by atoms with Gasteiger partial charge in [-0.2, -0.15) is 5.10 Å². The van der Waals surface area contributed by atoms with Crippen LogP contribution >= 0.6 is 0 Å². The molecule has 5 aromatic rings. The van der Waals surface area contributed by atoms with E-state index < -0.39 is 21.7 Å². The normalized spacial score (nSPS) is 11.8. The van der Waals surface area contributed by atoms with E-state index in [1.54, 1.807) is 29.2 Å². The van der Waals surface area contributed by atoms with E-state index in [2.05, 4.69) is 19.8 Å². The van der Waals surface area contributed by atoms with Crippen LogP contribution in [0.5, 0.6) is 0 Å². The predicted molar refractivity (Wildman–Crippen MR) is 124 cm³/mol. The maximum absolute atomic E-state index is 14.5. The van der Waals surface area contributed by atoms with Gasteiger partial charge in [0, 0.05) is 47.9 Å². The Morgan fingerprint density at radius 2 is 1.71 bits per heavy atom. The molecule has 0 spiro atoms. The summed E-state index contributed by atoms with van der Waals surface area (Å²) in [6.07, 6.45) is 9.06. The number of benzene rings is 1. The first-order valence-electron chi connectivity index (χ1n) is 10.1. The number of nitrogens with one attached hydrogen (secondary N) is 1. The second kappa shape index (κ2) is 8.03. The molecule has 1 N–H and O–H groups in total. The number of fused-ring (bicyclic) bond motifs is 1. The van der Waals surface area contributed by atoms with Gasteiger partial charge in [0.25, 0.3) is 0 Å². The Morgan fingerprint density at radius 1 is 0.912 bits per heavy atom. The van der Waals surface area contributed by atoms with Gasteiger partial charge in [-0.1, -0.05) is 0 Å². The summed E-state index contributed by atoms with van der Waals surface area (Å²) in [5.41, 5.74) is 4.13. The Bertz CT molecular complexity index is 1660. The van der Waals surface area contributed by atoms with Crippen LogP contribution in [0.2, 0.25) is 0 Å². The quantitative estimate of drug-likeness (QED) is 0.409. The molecular weight excluding hydrogens is 462 g/mol. The Morgan fingerprint density at radius 3 is 2.41 bits per heavy atom. The third-order valence-corrected chi connectivity index (χ3v) is 5.77. The third-order valence-electron chi connectivity index (χ3n) is 5.16. The molecule has 0 unspecified atom stereocenters. The molecule has 4 aromatic heterocycles. The van der Waals surface area contributed by atoms with E-state index in [0.29, 0.717) is 16.9 Å². The Labute approximate surface area is 193 Å². The number of anilines is 1. The number of aryl methyl sites for hydroxylation is 1. The summed E-state index contributed by atoms with van der Waals surface area (Å²) < 4.78 is 57.6. The van der Waals surface area contributed by atoms with Crippen molar-refractivity contribution in [1.82, 2.24) is 24.1 Å². The maximum atomic E-state index is 14.5. The first-order chi connectivity index (χ1) is 16.2. The van der Waals surface area contributed by atoms with E-state index >= 15 is 0 Å². The monoisotopic (exact) mass is 480 g/mol. The number of rotatable bonds is 5. The molecule has 172 valence electrons. The Balaban J connectivity index is 1.65. The molecule has 0 radical (unpaired) electrons. The summed E-state index contributed by atoms with van der Waals surface area (Å²) >= 11 is 0. The van der Waals surface area contributed by atoms with Crippen molar-refractivity contribution in [1.29, 1.82) is 0 Å². The van der Waals surface area contributed by atoms with Gasteiger partial charge in [0.15, 0.2) is 5.82 Å². The van der Waals surface area contributed by atoms with Crippen LogP contribution in [0, 0.1) is 11.6 Å². The second-order valence-corrected chi connectivity index (χ2v) is 9.60. The highest BCUT2D eigenvalue weighted by Gasteiger charge is 2.15. The van der Waals surface area contributed by atoms with Gasteiger partial charge in [0.1, 0.15) is 17.2 Å². The van der Waals surface area contributed by atoms with E-state index in [0.717, 1.165) is 29.6 Å². The number of pyridine rings is 2. The van der Waals surface area contributed by atoms with Crippen LogP contribution in [0.4, 0.5) is 14.5 Å². The zero-order chi connectivity index (χ0) is 24.0. The Kier molecular flexibility index (Phi) is 5.13. The molecule has 0 fully saturated rings. The smallest absolute Gasteiger partial charge is 0.229 e. The minimum Gasteiger partial charge on any atom is -0.300 e. The van der Waals surface area contributed by atoms with Crippen LogP contribution in [0.3, 0.4) is 0 Å². The molecule has 11 heteroatoms. The van der Waals surface area contributed by atoms with Gasteiger partial charge in [0.2, 0.25) is 10.0 Å². The number of imidazole rings is 1. The number of sulfonamides is 1. The first kappa shape index (κ1) is 21.7. The highest BCUT2D eigenvalue weighted by Crippen LogP contribution is 2.32. The zero-order valence-corrected chi connectivity index (χ0v) is 18.9. The number of hydrogen-bond acceptors (Lipinski definition) is 5. The highest BCUT2D eigenvalue weighted by molar-refractivity contribution is 7.92. The SMILES string of the molecule is Cn1cc(-c2ccn3c(-c4cc(NS(C)(=O)=O)cc(-c5ncc(F)cc5F)c4)cnc3c2)cn1. The molecule has 0 amide bonds. The standard InChI is InChI=1S/C23H18F2N6O2S/c1-30-13-17(10-28-30)14-3-4-31-21(12-26-22(31)8-14)15-5-16(7-19(6-15)29-34(2,32)33)23-20(25)9-18(24)11-27-23/h3-13,29H,1-2H3. The molecule has 0 atom stereocenters. The largest absolute Gasteiger partial charge is 0.300 e. The van der Waals surface area contributed by atoms with E-state index in [4.69, 9.17) is 0 Å². The first-order valence-corrected chi connectivity index (χ1v) is 12.0. The molecule has 5 rings (SSSR count).